The quantitative estimate of drug-likeness (QED) is 0.853. The van der Waals surface area contributed by atoms with Crippen LogP contribution in [0.2, 0.25) is 0 Å². The van der Waals surface area contributed by atoms with Gasteiger partial charge in [0.25, 0.3) is 0 Å². The molecule has 0 aliphatic heterocycles. The summed E-state index contributed by atoms with van der Waals surface area (Å²) in [4.78, 5) is 19.2. The van der Waals surface area contributed by atoms with Crippen molar-refractivity contribution in [3.8, 4) is 0 Å². The molecule has 2 aromatic heterocycles. The molecule has 4 nitrogen and oxygen atoms in total. The molecule has 0 N–H and O–H groups in total. The highest BCUT2D eigenvalue weighted by atomic mass is 32.1. The van der Waals surface area contributed by atoms with Crippen LogP contribution in [0.25, 0.3) is 0 Å². The van der Waals surface area contributed by atoms with Crippen molar-refractivity contribution in [2.24, 2.45) is 0 Å². The van der Waals surface area contributed by atoms with Gasteiger partial charge in [-0.3, -0.25) is 4.79 Å². The van der Waals surface area contributed by atoms with Crippen LogP contribution < -0.4 is 4.90 Å². The summed E-state index contributed by atoms with van der Waals surface area (Å²) in [6.07, 6.45) is 4.18. The van der Waals surface area contributed by atoms with Crippen molar-refractivity contribution < 1.29 is 9.21 Å². The summed E-state index contributed by atoms with van der Waals surface area (Å²) in [6.45, 7) is 0.674. The maximum atomic E-state index is 11.8. The summed E-state index contributed by atoms with van der Waals surface area (Å²) in [5, 5.41) is 0.895. The van der Waals surface area contributed by atoms with Gasteiger partial charge < -0.3 is 9.32 Å². The van der Waals surface area contributed by atoms with Gasteiger partial charge in [-0.2, -0.15) is 0 Å². The number of fused-ring (bicyclic) bond motifs is 1. The molecule has 3 rings (SSSR count). The van der Waals surface area contributed by atoms with Gasteiger partial charge in [-0.25, -0.2) is 4.98 Å². The van der Waals surface area contributed by atoms with E-state index in [9.17, 15) is 4.79 Å². The lowest BCUT2D eigenvalue weighted by molar-refractivity contribution is 0.0976. The van der Waals surface area contributed by atoms with Gasteiger partial charge in [0.15, 0.2) is 10.9 Å². The third kappa shape index (κ3) is 2.06. The molecule has 1 aliphatic carbocycles. The number of hydrogen-bond acceptors (Lipinski definition) is 5. The molecule has 5 heteroatoms. The maximum absolute atomic E-state index is 11.8. The standard InChI is InChI=1S/C13H14N2O2S/c1-15(8-9-4-3-7-17-9)13-14-10-5-2-6-11(16)12(10)18-13/h3-4,7H,2,5-6,8H2,1H3. The van der Waals surface area contributed by atoms with Crippen LogP contribution in [0.15, 0.2) is 22.8 Å². The molecule has 18 heavy (non-hydrogen) atoms. The molecule has 0 bridgehead atoms. The highest BCUT2D eigenvalue weighted by Crippen LogP contribution is 2.31. The van der Waals surface area contributed by atoms with Gasteiger partial charge in [-0.15, -0.1) is 0 Å². The molecule has 0 amide bonds. The van der Waals surface area contributed by atoms with Crippen molar-refractivity contribution in [3.63, 3.8) is 0 Å². The molecule has 0 atom stereocenters. The number of anilines is 1. The predicted octanol–water partition coefficient (Wildman–Crippen LogP) is 2.89. The summed E-state index contributed by atoms with van der Waals surface area (Å²) < 4.78 is 5.32. The van der Waals surface area contributed by atoms with Crippen LogP contribution in [0.3, 0.4) is 0 Å². The Morgan fingerprint density at radius 1 is 1.50 bits per heavy atom. The molecule has 0 saturated carbocycles. The fourth-order valence-electron chi connectivity index (χ4n) is 2.12. The zero-order chi connectivity index (χ0) is 12.5. The lowest BCUT2D eigenvalue weighted by Gasteiger charge is -2.13. The van der Waals surface area contributed by atoms with Gasteiger partial charge in [0.05, 0.1) is 23.4 Å². The van der Waals surface area contributed by atoms with E-state index < -0.39 is 0 Å². The second-order valence-corrected chi connectivity index (χ2v) is 5.46. The number of rotatable bonds is 3. The molecule has 0 radical (unpaired) electrons. The Kier molecular flexibility index (Phi) is 2.91. The van der Waals surface area contributed by atoms with Crippen molar-refractivity contribution in [3.05, 3.63) is 34.7 Å². The predicted molar refractivity (Wildman–Crippen MR) is 70.2 cm³/mol. The minimum Gasteiger partial charge on any atom is -0.467 e. The molecule has 0 fully saturated rings. The van der Waals surface area contributed by atoms with Gasteiger partial charge in [-0.05, 0) is 25.0 Å². The number of aromatic nitrogens is 1. The van der Waals surface area contributed by atoms with E-state index in [0.29, 0.717) is 13.0 Å². The van der Waals surface area contributed by atoms with Crippen LogP contribution >= 0.6 is 11.3 Å². The highest BCUT2D eigenvalue weighted by molar-refractivity contribution is 7.17. The lowest BCUT2D eigenvalue weighted by Crippen LogP contribution is -2.15. The molecule has 2 aromatic rings. The van der Waals surface area contributed by atoms with Crippen molar-refractivity contribution >= 4 is 22.3 Å². The third-order valence-corrected chi connectivity index (χ3v) is 4.31. The highest BCUT2D eigenvalue weighted by Gasteiger charge is 2.23. The van der Waals surface area contributed by atoms with Crippen LogP contribution in [-0.4, -0.2) is 17.8 Å². The maximum Gasteiger partial charge on any atom is 0.186 e. The van der Waals surface area contributed by atoms with E-state index in [1.165, 1.54) is 11.3 Å². The average molecular weight is 262 g/mol. The molecule has 2 heterocycles. The number of aryl methyl sites for hydroxylation is 1. The number of hydrogen-bond donors (Lipinski definition) is 0. The first-order valence-corrected chi connectivity index (χ1v) is 6.82. The van der Waals surface area contributed by atoms with Crippen molar-refractivity contribution in [1.82, 2.24) is 4.98 Å². The first kappa shape index (κ1) is 11.5. The summed E-state index contributed by atoms with van der Waals surface area (Å²) in [5.41, 5.74) is 0.970. The fourth-order valence-corrected chi connectivity index (χ4v) is 3.16. The van der Waals surface area contributed by atoms with Crippen LogP contribution in [-0.2, 0) is 13.0 Å². The van der Waals surface area contributed by atoms with Crippen LogP contribution in [0, 0.1) is 0 Å². The Labute approximate surface area is 109 Å². The minimum absolute atomic E-state index is 0.242. The van der Waals surface area contributed by atoms with E-state index in [2.05, 4.69) is 4.98 Å². The minimum atomic E-state index is 0.242. The van der Waals surface area contributed by atoms with Crippen LogP contribution in [0.5, 0.6) is 0 Å². The number of Topliss-reactive ketones (excluding diaryl/α,β-unsaturated/α-hetero) is 1. The zero-order valence-electron chi connectivity index (χ0n) is 10.2. The summed E-state index contributed by atoms with van der Waals surface area (Å²) >= 11 is 1.50. The number of thiazole rings is 1. The van der Waals surface area contributed by atoms with E-state index in [4.69, 9.17) is 4.42 Å². The lowest BCUT2D eigenvalue weighted by atomic mass is 10.0. The SMILES string of the molecule is CN(Cc1ccco1)c1nc2c(s1)C(=O)CCC2. The Hall–Kier alpha value is -1.62. The number of nitrogens with zero attached hydrogens (tertiary/aromatic N) is 2. The molecular formula is C13H14N2O2S. The van der Waals surface area contributed by atoms with Gasteiger partial charge >= 0.3 is 0 Å². The van der Waals surface area contributed by atoms with Crippen LogP contribution in [0.1, 0.15) is 34.0 Å². The van der Waals surface area contributed by atoms with E-state index >= 15 is 0 Å². The Balaban J connectivity index is 1.82. The monoisotopic (exact) mass is 262 g/mol. The molecule has 94 valence electrons. The van der Waals surface area contributed by atoms with E-state index in [-0.39, 0.29) is 5.78 Å². The van der Waals surface area contributed by atoms with Gasteiger partial charge in [-0.1, -0.05) is 11.3 Å². The second-order valence-electron chi connectivity index (χ2n) is 4.48. The zero-order valence-corrected chi connectivity index (χ0v) is 11.0. The van der Waals surface area contributed by atoms with Crippen molar-refractivity contribution in [1.29, 1.82) is 0 Å². The summed E-state index contributed by atoms with van der Waals surface area (Å²) in [6, 6.07) is 3.81. The Morgan fingerprint density at radius 3 is 3.11 bits per heavy atom. The Bertz CT molecular complexity index is 560. The molecule has 0 saturated heterocycles. The second kappa shape index (κ2) is 4.57. The first-order valence-electron chi connectivity index (χ1n) is 6.00. The number of carbonyl (C=O) groups excluding carboxylic acids is 1. The number of carbonyl (C=O) groups is 1. The molecule has 1 aliphatic rings. The topological polar surface area (TPSA) is 46.3 Å². The summed E-state index contributed by atoms with van der Waals surface area (Å²) in [5.74, 6) is 1.14. The van der Waals surface area contributed by atoms with Crippen molar-refractivity contribution in [2.45, 2.75) is 25.8 Å². The molecule has 0 spiro atoms. The third-order valence-electron chi connectivity index (χ3n) is 3.06. The van der Waals surface area contributed by atoms with Crippen molar-refractivity contribution in [2.75, 3.05) is 11.9 Å². The largest absolute Gasteiger partial charge is 0.467 e. The van der Waals surface area contributed by atoms with E-state index in [1.807, 2.05) is 24.1 Å². The number of furan rings is 1. The normalized spacial score (nSPS) is 14.6. The van der Waals surface area contributed by atoms with Gasteiger partial charge in [0.1, 0.15) is 5.76 Å². The smallest absolute Gasteiger partial charge is 0.186 e. The number of ketones is 1. The molecule has 0 unspecified atom stereocenters. The van der Waals surface area contributed by atoms with Gasteiger partial charge in [0, 0.05) is 13.5 Å². The average Bonchev–Trinajstić information content (AvgIpc) is 2.97. The van der Waals surface area contributed by atoms with E-state index in [0.717, 1.165) is 34.3 Å². The van der Waals surface area contributed by atoms with Crippen LogP contribution in [0.4, 0.5) is 5.13 Å². The Morgan fingerprint density at radius 2 is 2.39 bits per heavy atom. The molecular weight excluding hydrogens is 248 g/mol. The first-order chi connectivity index (χ1) is 8.74. The van der Waals surface area contributed by atoms with E-state index in [1.54, 1.807) is 6.26 Å². The summed E-state index contributed by atoms with van der Waals surface area (Å²) in [7, 11) is 1.97. The fraction of sp³-hybridized carbons (Fsp3) is 0.385. The molecule has 0 aromatic carbocycles. The van der Waals surface area contributed by atoms with Gasteiger partial charge in [0.2, 0.25) is 0 Å².